The zero-order chi connectivity index (χ0) is 18.1. The van der Waals surface area contributed by atoms with Gasteiger partial charge < -0.3 is 15.4 Å². The zero-order valence-corrected chi connectivity index (χ0v) is 16.5. The van der Waals surface area contributed by atoms with Crippen LogP contribution in [0.5, 0.6) is 0 Å². The fourth-order valence-corrected chi connectivity index (χ4v) is 4.32. The monoisotopic (exact) mass is 388 g/mol. The van der Waals surface area contributed by atoms with Gasteiger partial charge in [0.15, 0.2) is 5.96 Å². The van der Waals surface area contributed by atoms with Crippen LogP contribution < -0.4 is 15.4 Å². The molecule has 0 aromatic carbocycles. The predicted molar refractivity (Wildman–Crippen MR) is 103 cm³/mol. The summed E-state index contributed by atoms with van der Waals surface area (Å²) in [5.74, 6) is 0.593. The van der Waals surface area contributed by atoms with Crippen LogP contribution in [0.1, 0.15) is 29.0 Å². The first-order valence-corrected chi connectivity index (χ1v) is 11.0. The van der Waals surface area contributed by atoms with Gasteiger partial charge in [0.25, 0.3) is 0 Å². The quantitative estimate of drug-likeness (QED) is 0.460. The average Bonchev–Trinajstić information content (AvgIpc) is 3.02. The van der Waals surface area contributed by atoms with E-state index >= 15 is 0 Å². The Hall–Kier alpha value is -1.16. The molecular weight excluding hydrogens is 360 g/mol. The Balaban J connectivity index is 1.66. The van der Waals surface area contributed by atoms with Crippen molar-refractivity contribution in [3.05, 3.63) is 21.9 Å². The average molecular weight is 389 g/mol. The van der Waals surface area contributed by atoms with Crippen LogP contribution in [0.3, 0.4) is 0 Å². The lowest BCUT2D eigenvalue weighted by Crippen LogP contribution is -2.42. The summed E-state index contributed by atoms with van der Waals surface area (Å²) in [6.07, 6.45) is 3.07. The Morgan fingerprint density at radius 3 is 2.84 bits per heavy atom. The van der Waals surface area contributed by atoms with Gasteiger partial charge in [-0.2, -0.15) is 0 Å². The standard InChI is InChI=1S/C16H28N4O3S2/c1-13-6-7-15(24-13)12-19-16(17-2)18-8-10-25(21,22)20-11-14-5-3-4-9-23-14/h6-7,14,20H,3-5,8-12H2,1-2H3,(H2,17,18,19). The Bertz CT molecular complexity index is 652. The number of rotatable bonds is 8. The van der Waals surface area contributed by atoms with E-state index in [9.17, 15) is 8.42 Å². The van der Waals surface area contributed by atoms with Gasteiger partial charge in [0.05, 0.1) is 18.4 Å². The first-order valence-electron chi connectivity index (χ1n) is 8.57. The maximum absolute atomic E-state index is 12.1. The molecule has 1 saturated heterocycles. The molecule has 0 bridgehead atoms. The Morgan fingerprint density at radius 2 is 2.20 bits per heavy atom. The highest BCUT2D eigenvalue weighted by atomic mass is 32.2. The van der Waals surface area contributed by atoms with Crippen LogP contribution in [-0.2, 0) is 21.3 Å². The molecule has 0 aliphatic carbocycles. The maximum atomic E-state index is 12.1. The summed E-state index contributed by atoms with van der Waals surface area (Å²) < 4.78 is 32.3. The third-order valence-corrected chi connectivity index (χ3v) is 6.27. The van der Waals surface area contributed by atoms with Crippen LogP contribution in [0, 0.1) is 6.92 Å². The fraction of sp³-hybridized carbons (Fsp3) is 0.688. The number of guanidine groups is 1. The van der Waals surface area contributed by atoms with Crippen molar-refractivity contribution in [2.75, 3.05) is 32.5 Å². The van der Waals surface area contributed by atoms with Gasteiger partial charge in [-0.05, 0) is 38.3 Å². The molecule has 25 heavy (non-hydrogen) atoms. The highest BCUT2D eigenvalue weighted by Gasteiger charge is 2.17. The lowest BCUT2D eigenvalue weighted by atomic mass is 10.1. The van der Waals surface area contributed by atoms with Gasteiger partial charge in [-0.1, -0.05) is 0 Å². The number of nitrogens with zero attached hydrogens (tertiary/aromatic N) is 1. The molecule has 9 heteroatoms. The fourth-order valence-electron chi connectivity index (χ4n) is 2.54. The molecule has 1 unspecified atom stereocenters. The number of aliphatic imine (C=N–C) groups is 1. The molecular formula is C16H28N4O3S2. The van der Waals surface area contributed by atoms with E-state index in [1.54, 1.807) is 18.4 Å². The summed E-state index contributed by atoms with van der Waals surface area (Å²) in [7, 11) is -1.65. The van der Waals surface area contributed by atoms with Crippen molar-refractivity contribution in [3.8, 4) is 0 Å². The van der Waals surface area contributed by atoms with Crippen molar-refractivity contribution >= 4 is 27.3 Å². The van der Waals surface area contributed by atoms with E-state index in [1.807, 2.05) is 0 Å². The van der Waals surface area contributed by atoms with Crippen molar-refractivity contribution in [1.29, 1.82) is 0 Å². The third kappa shape index (κ3) is 7.72. The minimum atomic E-state index is -3.32. The number of ether oxygens (including phenoxy) is 1. The predicted octanol–water partition coefficient (Wildman–Crippen LogP) is 1.21. The van der Waals surface area contributed by atoms with E-state index in [0.29, 0.717) is 25.6 Å². The van der Waals surface area contributed by atoms with E-state index in [2.05, 4.69) is 39.4 Å². The van der Waals surface area contributed by atoms with Crippen LogP contribution >= 0.6 is 11.3 Å². The summed E-state index contributed by atoms with van der Waals surface area (Å²) in [4.78, 5) is 6.59. The lowest BCUT2D eigenvalue weighted by molar-refractivity contribution is 0.0200. The molecule has 1 aliphatic heterocycles. The molecule has 1 fully saturated rings. The van der Waals surface area contributed by atoms with Gasteiger partial charge in [-0.25, -0.2) is 13.1 Å². The number of hydrogen-bond donors (Lipinski definition) is 3. The van der Waals surface area contributed by atoms with Crippen molar-refractivity contribution in [2.24, 2.45) is 4.99 Å². The second kappa shape index (κ2) is 10.1. The molecule has 0 radical (unpaired) electrons. The molecule has 1 aromatic rings. The van der Waals surface area contributed by atoms with Gasteiger partial charge in [0.2, 0.25) is 10.0 Å². The van der Waals surface area contributed by atoms with Gasteiger partial charge in [-0.3, -0.25) is 4.99 Å². The van der Waals surface area contributed by atoms with Crippen LogP contribution in [0.2, 0.25) is 0 Å². The first kappa shape index (κ1) is 20.2. The second-order valence-corrected chi connectivity index (χ2v) is 9.32. The first-order chi connectivity index (χ1) is 12.0. The van der Waals surface area contributed by atoms with Crippen molar-refractivity contribution in [3.63, 3.8) is 0 Å². The van der Waals surface area contributed by atoms with Crippen molar-refractivity contribution in [1.82, 2.24) is 15.4 Å². The number of aryl methyl sites for hydroxylation is 1. The van der Waals surface area contributed by atoms with Gasteiger partial charge in [0, 0.05) is 36.5 Å². The normalized spacial score (nSPS) is 19.0. The smallest absolute Gasteiger partial charge is 0.213 e. The van der Waals surface area contributed by atoms with Crippen LogP contribution in [0.15, 0.2) is 17.1 Å². The number of hydrogen-bond acceptors (Lipinski definition) is 5. The Morgan fingerprint density at radius 1 is 1.36 bits per heavy atom. The molecule has 2 rings (SSSR count). The van der Waals surface area contributed by atoms with E-state index in [-0.39, 0.29) is 11.9 Å². The number of nitrogens with one attached hydrogen (secondary N) is 3. The van der Waals surface area contributed by atoms with Crippen LogP contribution in [0.25, 0.3) is 0 Å². The Kier molecular flexibility index (Phi) is 8.14. The molecule has 1 aromatic heterocycles. The van der Waals surface area contributed by atoms with Crippen LogP contribution in [0.4, 0.5) is 0 Å². The molecule has 2 heterocycles. The van der Waals surface area contributed by atoms with Crippen molar-refractivity contribution in [2.45, 2.75) is 38.8 Å². The van der Waals surface area contributed by atoms with Crippen LogP contribution in [-0.4, -0.2) is 53.0 Å². The third-order valence-electron chi connectivity index (χ3n) is 3.92. The summed E-state index contributed by atoms with van der Waals surface area (Å²) in [6, 6.07) is 4.15. The lowest BCUT2D eigenvalue weighted by Gasteiger charge is -2.22. The molecule has 3 N–H and O–H groups in total. The minimum absolute atomic E-state index is 0.000156. The second-order valence-electron chi connectivity index (χ2n) is 6.02. The highest BCUT2D eigenvalue weighted by molar-refractivity contribution is 7.89. The minimum Gasteiger partial charge on any atom is -0.377 e. The SMILES string of the molecule is CN=C(NCCS(=O)(=O)NCC1CCCCO1)NCc1ccc(C)s1. The molecule has 0 saturated carbocycles. The number of sulfonamides is 1. The molecule has 7 nitrogen and oxygen atoms in total. The summed E-state index contributed by atoms with van der Waals surface area (Å²) in [5.41, 5.74) is 0. The summed E-state index contributed by atoms with van der Waals surface area (Å²) in [6.45, 7) is 4.11. The van der Waals surface area contributed by atoms with Gasteiger partial charge in [0.1, 0.15) is 0 Å². The largest absolute Gasteiger partial charge is 0.377 e. The summed E-state index contributed by atoms with van der Waals surface area (Å²) in [5, 5.41) is 6.22. The zero-order valence-electron chi connectivity index (χ0n) is 14.9. The number of thiophene rings is 1. The van der Waals surface area contributed by atoms with E-state index < -0.39 is 10.0 Å². The highest BCUT2D eigenvalue weighted by Crippen LogP contribution is 2.14. The van der Waals surface area contributed by atoms with Crippen molar-refractivity contribution < 1.29 is 13.2 Å². The molecule has 0 spiro atoms. The molecule has 1 aliphatic rings. The van der Waals surface area contributed by atoms with E-state index in [1.165, 1.54) is 9.75 Å². The van der Waals surface area contributed by atoms with E-state index in [4.69, 9.17) is 4.74 Å². The Labute approximate surface area is 154 Å². The van der Waals surface area contributed by atoms with Gasteiger partial charge in [-0.15, -0.1) is 11.3 Å². The van der Waals surface area contributed by atoms with E-state index in [0.717, 1.165) is 25.9 Å². The summed E-state index contributed by atoms with van der Waals surface area (Å²) >= 11 is 1.73. The topological polar surface area (TPSA) is 91.8 Å². The molecule has 1 atom stereocenters. The van der Waals surface area contributed by atoms with Gasteiger partial charge >= 0.3 is 0 Å². The maximum Gasteiger partial charge on any atom is 0.213 e. The molecule has 142 valence electrons. The molecule has 0 amide bonds.